The van der Waals surface area contributed by atoms with Gasteiger partial charge in [-0.05, 0) is 12.1 Å². The summed E-state index contributed by atoms with van der Waals surface area (Å²) in [6.45, 7) is 0.558. The number of nitrogens with one attached hydrogen (secondary N) is 1. The van der Waals surface area contributed by atoms with Crippen molar-refractivity contribution in [3.63, 3.8) is 0 Å². The van der Waals surface area contributed by atoms with Gasteiger partial charge in [0.25, 0.3) is 5.91 Å². The molecule has 32 heavy (non-hydrogen) atoms. The molecule has 0 atom stereocenters. The molecule has 0 spiro atoms. The van der Waals surface area contributed by atoms with Crippen molar-refractivity contribution >= 4 is 32.4 Å². The third kappa shape index (κ3) is 3.83. The first-order valence-corrected chi connectivity index (χ1v) is 12.1. The molecular formula is C22H18N4O4S2. The van der Waals surface area contributed by atoms with Crippen molar-refractivity contribution in [2.24, 2.45) is 0 Å². The molecule has 3 heterocycles. The minimum absolute atomic E-state index is 0.164. The molecule has 1 amide bonds. The standard InChI is InChI=1S/C22H18N4O4S2/c27-21(19-20(30-14-23-19)15-7-3-1-4-8-15)25-22-24-17-11-12-26(13-18(17)31-22)32(28,29)16-9-5-2-6-10-16/h1-10,14H,11-13H2,(H,24,25,27). The third-order valence-corrected chi connectivity index (χ3v) is 7.97. The van der Waals surface area contributed by atoms with Crippen LogP contribution in [0.25, 0.3) is 11.3 Å². The molecule has 0 fully saturated rings. The normalized spacial score (nSPS) is 14.1. The molecule has 0 bridgehead atoms. The Morgan fingerprint density at radius 3 is 2.53 bits per heavy atom. The topological polar surface area (TPSA) is 105 Å². The maximum Gasteiger partial charge on any atom is 0.280 e. The largest absolute Gasteiger partial charge is 0.443 e. The number of rotatable bonds is 5. The van der Waals surface area contributed by atoms with Crippen molar-refractivity contribution in [1.82, 2.24) is 14.3 Å². The quantitative estimate of drug-likeness (QED) is 0.480. The average molecular weight is 467 g/mol. The maximum absolute atomic E-state index is 12.9. The molecule has 5 rings (SSSR count). The first-order chi connectivity index (χ1) is 15.5. The molecule has 1 N–H and O–H groups in total. The van der Waals surface area contributed by atoms with E-state index < -0.39 is 15.9 Å². The van der Waals surface area contributed by atoms with Gasteiger partial charge in [-0.2, -0.15) is 4.31 Å². The minimum atomic E-state index is -3.59. The first-order valence-electron chi connectivity index (χ1n) is 9.86. The molecule has 0 aliphatic carbocycles. The van der Waals surface area contributed by atoms with Crippen LogP contribution in [-0.4, -0.2) is 35.1 Å². The number of thiazole rings is 1. The number of nitrogens with zero attached hydrogens (tertiary/aromatic N) is 3. The van der Waals surface area contributed by atoms with E-state index in [4.69, 9.17) is 4.42 Å². The van der Waals surface area contributed by atoms with Crippen molar-refractivity contribution in [3.05, 3.63) is 83.3 Å². The van der Waals surface area contributed by atoms with Crippen LogP contribution in [0.1, 0.15) is 21.1 Å². The fourth-order valence-electron chi connectivity index (χ4n) is 3.53. The predicted octanol–water partition coefficient (Wildman–Crippen LogP) is 3.80. The number of hydrogen-bond acceptors (Lipinski definition) is 7. The monoisotopic (exact) mass is 466 g/mol. The predicted molar refractivity (Wildman–Crippen MR) is 120 cm³/mol. The molecule has 4 aromatic rings. The molecule has 2 aromatic heterocycles. The Kier molecular flexibility index (Phi) is 5.33. The zero-order valence-electron chi connectivity index (χ0n) is 16.8. The lowest BCUT2D eigenvalue weighted by Crippen LogP contribution is -2.35. The number of oxazole rings is 1. The smallest absolute Gasteiger partial charge is 0.280 e. The molecule has 0 unspecified atom stereocenters. The van der Waals surface area contributed by atoms with E-state index in [1.165, 1.54) is 22.0 Å². The van der Waals surface area contributed by atoms with E-state index >= 15 is 0 Å². The number of aromatic nitrogens is 2. The number of hydrogen-bond donors (Lipinski definition) is 1. The van der Waals surface area contributed by atoms with Crippen molar-refractivity contribution in [2.75, 3.05) is 11.9 Å². The van der Waals surface area contributed by atoms with Gasteiger partial charge in [0.2, 0.25) is 10.0 Å². The fourth-order valence-corrected chi connectivity index (χ4v) is 6.06. The minimum Gasteiger partial charge on any atom is -0.443 e. The molecule has 0 radical (unpaired) electrons. The number of anilines is 1. The Morgan fingerprint density at radius 2 is 1.78 bits per heavy atom. The van der Waals surface area contributed by atoms with Crippen LogP contribution >= 0.6 is 11.3 Å². The zero-order chi connectivity index (χ0) is 22.1. The van der Waals surface area contributed by atoms with Crippen LogP contribution in [0.4, 0.5) is 5.13 Å². The molecule has 0 saturated heterocycles. The summed E-state index contributed by atoms with van der Waals surface area (Å²) in [7, 11) is -3.59. The highest BCUT2D eigenvalue weighted by molar-refractivity contribution is 7.89. The van der Waals surface area contributed by atoms with Gasteiger partial charge in [-0.15, -0.1) is 11.3 Å². The Morgan fingerprint density at radius 1 is 1.06 bits per heavy atom. The molecular weight excluding hydrogens is 448 g/mol. The highest BCUT2D eigenvalue weighted by atomic mass is 32.2. The van der Waals surface area contributed by atoms with Crippen LogP contribution in [0.5, 0.6) is 0 Å². The van der Waals surface area contributed by atoms with Gasteiger partial charge in [-0.1, -0.05) is 48.5 Å². The average Bonchev–Trinajstić information content (AvgIpc) is 3.46. The van der Waals surface area contributed by atoms with Crippen LogP contribution < -0.4 is 5.32 Å². The Hall–Kier alpha value is -3.34. The number of benzene rings is 2. The number of fused-ring (bicyclic) bond motifs is 1. The van der Waals surface area contributed by atoms with Gasteiger partial charge in [0.1, 0.15) is 0 Å². The molecule has 1 aliphatic heterocycles. The van der Waals surface area contributed by atoms with E-state index in [0.29, 0.717) is 23.9 Å². The summed E-state index contributed by atoms with van der Waals surface area (Å²) in [5.41, 5.74) is 1.71. The Bertz CT molecular complexity index is 1370. The fraction of sp³-hybridized carbons (Fsp3) is 0.136. The first kappa shape index (κ1) is 20.6. The van der Waals surface area contributed by atoms with Crippen LogP contribution in [-0.2, 0) is 23.0 Å². The van der Waals surface area contributed by atoms with Crippen molar-refractivity contribution in [2.45, 2.75) is 17.9 Å². The zero-order valence-corrected chi connectivity index (χ0v) is 18.4. The summed E-state index contributed by atoms with van der Waals surface area (Å²) in [6, 6.07) is 17.6. The van der Waals surface area contributed by atoms with Crippen LogP contribution in [0, 0.1) is 0 Å². The molecule has 162 valence electrons. The van der Waals surface area contributed by atoms with E-state index in [2.05, 4.69) is 15.3 Å². The van der Waals surface area contributed by atoms with Crippen LogP contribution in [0.15, 0.2) is 76.4 Å². The second kappa shape index (κ2) is 8.30. The SMILES string of the molecule is O=C(Nc1nc2c(s1)CN(S(=O)(=O)c1ccccc1)CC2)c1ncoc1-c1ccccc1. The molecule has 8 nitrogen and oxygen atoms in total. The van der Waals surface area contributed by atoms with Gasteiger partial charge in [0, 0.05) is 23.4 Å². The van der Waals surface area contributed by atoms with Crippen molar-refractivity contribution in [1.29, 1.82) is 0 Å². The molecule has 0 saturated carbocycles. The van der Waals surface area contributed by atoms with Gasteiger partial charge >= 0.3 is 0 Å². The Balaban J connectivity index is 1.34. The van der Waals surface area contributed by atoms with E-state index in [1.54, 1.807) is 30.3 Å². The third-order valence-electron chi connectivity index (χ3n) is 5.12. The van der Waals surface area contributed by atoms with Gasteiger partial charge in [0.05, 0.1) is 17.1 Å². The lowest BCUT2D eigenvalue weighted by atomic mass is 10.1. The van der Waals surface area contributed by atoms with Crippen molar-refractivity contribution < 1.29 is 17.6 Å². The number of carbonyl (C=O) groups excluding carboxylic acids is 1. The molecule has 10 heteroatoms. The van der Waals surface area contributed by atoms with Gasteiger partial charge in [-0.25, -0.2) is 18.4 Å². The lowest BCUT2D eigenvalue weighted by molar-refractivity contribution is 0.102. The van der Waals surface area contributed by atoms with E-state index in [9.17, 15) is 13.2 Å². The Labute approximate surface area is 188 Å². The highest BCUT2D eigenvalue weighted by Crippen LogP contribution is 2.32. The summed E-state index contributed by atoms with van der Waals surface area (Å²) in [4.78, 5) is 22.5. The lowest BCUT2D eigenvalue weighted by Gasteiger charge is -2.25. The summed E-state index contributed by atoms with van der Waals surface area (Å²) in [6.07, 6.45) is 1.71. The molecule has 1 aliphatic rings. The summed E-state index contributed by atoms with van der Waals surface area (Å²) < 4.78 is 32.7. The van der Waals surface area contributed by atoms with Crippen molar-refractivity contribution in [3.8, 4) is 11.3 Å². The van der Waals surface area contributed by atoms with Gasteiger partial charge < -0.3 is 4.42 Å². The van der Waals surface area contributed by atoms with E-state index in [1.807, 2.05) is 30.3 Å². The van der Waals surface area contributed by atoms with Gasteiger partial charge in [-0.3, -0.25) is 10.1 Å². The van der Waals surface area contributed by atoms with Crippen LogP contribution in [0.3, 0.4) is 0 Å². The number of sulfonamides is 1. The van der Waals surface area contributed by atoms with E-state index in [0.717, 1.165) is 16.1 Å². The highest BCUT2D eigenvalue weighted by Gasteiger charge is 2.30. The summed E-state index contributed by atoms with van der Waals surface area (Å²) in [5.74, 6) is -0.0537. The number of carbonyl (C=O) groups is 1. The molecule has 2 aromatic carbocycles. The van der Waals surface area contributed by atoms with E-state index in [-0.39, 0.29) is 17.1 Å². The van der Waals surface area contributed by atoms with Crippen LogP contribution in [0.2, 0.25) is 0 Å². The summed E-state index contributed by atoms with van der Waals surface area (Å²) >= 11 is 1.27. The number of amides is 1. The maximum atomic E-state index is 12.9. The van der Waals surface area contributed by atoms with Gasteiger partial charge in [0.15, 0.2) is 23.0 Å². The second-order valence-electron chi connectivity index (χ2n) is 7.14. The summed E-state index contributed by atoms with van der Waals surface area (Å²) in [5, 5.41) is 3.18. The second-order valence-corrected chi connectivity index (χ2v) is 10.2.